The third-order valence-electron chi connectivity index (χ3n) is 4.42. The van der Waals surface area contributed by atoms with Crippen LogP contribution in [0.4, 0.5) is 4.39 Å². The van der Waals surface area contributed by atoms with Gasteiger partial charge in [-0.05, 0) is 49.7 Å². The highest BCUT2D eigenvalue weighted by atomic mass is 19.1. The third-order valence-corrected chi connectivity index (χ3v) is 4.42. The Morgan fingerprint density at radius 2 is 1.79 bits per heavy atom. The third kappa shape index (κ3) is 4.54. The highest BCUT2D eigenvalue weighted by molar-refractivity contribution is 6.21. The number of fused-ring (bicyclic) bond motifs is 1. The van der Waals surface area contributed by atoms with Crippen LogP contribution in [0.5, 0.6) is 5.75 Å². The highest BCUT2D eigenvalue weighted by Crippen LogP contribution is 2.24. The van der Waals surface area contributed by atoms with Crippen LogP contribution in [0.15, 0.2) is 42.5 Å². The van der Waals surface area contributed by atoms with Crippen molar-refractivity contribution >= 4 is 17.7 Å². The van der Waals surface area contributed by atoms with E-state index in [0.29, 0.717) is 29.8 Å². The van der Waals surface area contributed by atoms with Crippen LogP contribution in [0.2, 0.25) is 0 Å². The summed E-state index contributed by atoms with van der Waals surface area (Å²) in [7, 11) is 0. The second kappa shape index (κ2) is 8.65. The molecule has 0 aliphatic carbocycles. The summed E-state index contributed by atoms with van der Waals surface area (Å²) in [6.07, 6.45) is 0.581. The number of benzene rings is 2. The predicted octanol–water partition coefficient (Wildman–Crippen LogP) is 2.71. The Hall–Kier alpha value is -3.22. The van der Waals surface area contributed by atoms with Gasteiger partial charge >= 0.3 is 0 Å². The number of rotatable bonds is 8. The molecule has 0 aromatic heterocycles. The minimum absolute atomic E-state index is 0.185. The molecule has 0 saturated heterocycles. The van der Waals surface area contributed by atoms with Gasteiger partial charge in [-0.2, -0.15) is 0 Å². The zero-order chi connectivity index (χ0) is 20.1. The molecule has 1 N–H and O–H groups in total. The van der Waals surface area contributed by atoms with E-state index in [1.165, 1.54) is 29.2 Å². The molecule has 0 spiro atoms. The molecular formula is C21H21FN2O4. The number of imide groups is 1. The van der Waals surface area contributed by atoms with Gasteiger partial charge < -0.3 is 10.1 Å². The lowest BCUT2D eigenvalue weighted by Gasteiger charge is -2.13. The first-order chi connectivity index (χ1) is 13.5. The Labute approximate surface area is 162 Å². The van der Waals surface area contributed by atoms with E-state index in [2.05, 4.69) is 5.32 Å². The van der Waals surface area contributed by atoms with Gasteiger partial charge in [-0.3, -0.25) is 19.3 Å². The molecule has 7 heteroatoms. The molecule has 0 unspecified atom stereocenters. The van der Waals surface area contributed by atoms with E-state index in [-0.39, 0.29) is 43.1 Å². The second-order valence-corrected chi connectivity index (χ2v) is 6.57. The maximum atomic E-state index is 12.8. The average Bonchev–Trinajstić information content (AvgIpc) is 2.91. The molecule has 3 amide bonds. The fourth-order valence-electron chi connectivity index (χ4n) is 2.98. The fourth-order valence-corrected chi connectivity index (χ4v) is 2.98. The van der Waals surface area contributed by atoms with Gasteiger partial charge in [0.1, 0.15) is 18.2 Å². The molecule has 0 bridgehead atoms. The lowest BCUT2D eigenvalue weighted by Crippen LogP contribution is -2.32. The number of nitrogens with one attached hydrogen (secondary N) is 1. The number of carbonyl (C=O) groups excluding carboxylic acids is 3. The van der Waals surface area contributed by atoms with Crippen molar-refractivity contribution < 1.29 is 23.5 Å². The molecule has 3 rings (SSSR count). The Morgan fingerprint density at radius 3 is 2.54 bits per heavy atom. The van der Waals surface area contributed by atoms with Gasteiger partial charge in [0.2, 0.25) is 5.91 Å². The van der Waals surface area contributed by atoms with E-state index in [1.54, 1.807) is 18.2 Å². The highest BCUT2D eigenvalue weighted by Gasteiger charge is 2.34. The molecular weight excluding hydrogens is 363 g/mol. The van der Waals surface area contributed by atoms with Crippen molar-refractivity contribution in [2.45, 2.75) is 19.8 Å². The zero-order valence-electron chi connectivity index (χ0n) is 15.5. The van der Waals surface area contributed by atoms with Crippen LogP contribution in [0.25, 0.3) is 0 Å². The summed E-state index contributed by atoms with van der Waals surface area (Å²) in [6.45, 7) is 2.63. The van der Waals surface area contributed by atoms with Gasteiger partial charge in [-0.1, -0.05) is 11.6 Å². The Bertz CT molecular complexity index is 896. The number of nitrogens with zero attached hydrogens (tertiary/aromatic N) is 1. The molecule has 28 heavy (non-hydrogen) atoms. The minimum Gasteiger partial charge on any atom is -0.492 e. The first-order valence-corrected chi connectivity index (χ1v) is 9.07. The van der Waals surface area contributed by atoms with Crippen LogP contribution < -0.4 is 10.1 Å². The smallest absolute Gasteiger partial charge is 0.261 e. The number of hydrogen-bond donors (Lipinski definition) is 1. The number of hydrogen-bond acceptors (Lipinski definition) is 4. The quantitative estimate of drug-likeness (QED) is 0.561. The molecule has 0 fully saturated rings. The summed E-state index contributed by atoms with van der Waals surface area (Å²) in [4.78, 5) is 37.8. The molecule has 1 heterocycles. The van der Waals surface area contributed by atoms with Gasteiger partial charge in [0, 0.05) is 13.0 Å². The van der Waals surface area contributed by atoms with Crippen molar-refractivity contribution in [2.75, 3.05) is 19.7 Å². The summed E-state index contributed by atoms with van der Waals surface area (Å²) in [5.74, 6) is -0.620. The van der Waals surface area contributed by atoms with Gasteiger partial charge in [-0.25, -0.2) is 4.39 Å². The maximum absolute atomic E-state index is 12.8. The fraction of sp³-hybridized carbons (Fsp3) is 0.286. The number of ether oxygens (including phenoxy) is 1. The molecule has 1 aliphatic heterocycles. The van der Waals surface area contributed by atoms with E-state index in [4.69, 9.17) is 4.74 Å². The lowest BCUT2D eigenvalue weighted by molar-refractivity contribution is -0.121. The Balaban J connectivity index is 1.37. The zero-order valence-corrected chi connectivity index (χ0v) is 15.5. The second-order valence-electron chi connectivity index (χ2n) is 6.57. The van der Waals surface area contributed by atoms with E-state index in [0.717, 1.165) is 5.56 Å². The average molecular weight is 384 g/mol. The van der Waals surface area contributed by atoms with Crippen LogP contribution in [0, 0.1) is 12.7 Å². The van der Waals surface area contributed by atoms with Crippen molar-refractivity contribution in [1.82, 2.24) is 10.2 Å². The maximum Gasteiger partial charge on any atom is 0.261 e. The van der Waals surface area contributed by atoms with Gasteiger partial charge in [0.25, 0.3) is 11.8 Å². The van der Waals surface area contributed by atoms with Crippen molar-refractivity contribution in [3.63, 3.8) is 0 Å². The standard InChI is InChI=1S/C21H21FN2O4/c1-14-4-9-17-18(13-14)21(27)24(20(17)26)11-2-3-19(25)23-10-12-28-16-7-5-15(22)6-8-16/h4-9,13H,2-3,10-12H2,1H3,(H,23,25). The van der Waals surface area contributed by atoms with E-state index >= 15 is 0 Å². The first-order valence-electron chi connectivity index (χ1n) is 9.07. The van der Waals surface area contributed by atoms with Crippen LogP contribution in [0.3, 0.4) is 0 Å². The largest absolute Gasteiger partial charge is 0.492 e. The molecule has 0 atom stereocenters. The van der Waals surface area contributed by atoms with Crippen LogP contribution in [-0.4, -0.2) is 42.3 Å². The van der Waals surface area contributed by atoms with Gasteiger partial charge in [-0.15, -0.1) is 0 Å². The molecule has 1 aliphatic rings. The molecule has 6 nitrogen and oxygen atoms in total. The Morgan fingerprint density at radius 1 is 1.07 bits per heavy atom. The summed E-state index contributed by atoms with van der Waals surface area (Å²) < 4.78 is 18.2. The summed E-state index contributed by atoms with van der Waals surface area (Å²) >= 11 is 0. The predicted molar refractivity (Wildman–Crippen MR) is 101 cm³/mol. The molecule has 146 valence electrons. The van der Waals surface area contributed by atoms with Crippen molar-refractivity contribution in [2.24, 2.45) is 0 Å². The summed E-state index contributed by atoms with van der Waals surface area (Å²) in [5, 5.41) is 2.71. The molecule has 2 aromatic rings. The SMILES string of the molecule is Cc1ccc2c(c1)C(=O)N(CCCC(=O)NCCOc1ccc(F)cc1)C2=O. The van der Waals surface area contributed by atoms with E-state index < -0.39 is 0 Å². The van der Waals surface area contributed by atoms with Crippen LogP contribution in [-0.2, 0) is 4.79 Å². The summed E-state index contributed by atoms with van der Waals surface area (Å²) in [5.41, 5.74) is 1.76. The van der Waals surface area contributed by atoms with E-state index in [1.807, 2.05) is 6.92 Å². The first kappa shape index (κ1) is 19.5. The normalized spacial score (nSPS) is 12.9. The van der Waals surface area contributed by atoms with Gasteiger partial charge in [0.15, 0.2) is 0 Å². The monoisotopic (exact) mass is 384 g/mol. The van der Waals surface area contributed by atoms with Crippen molar-refractivity contribution in [3.05, 3.63) is 65.0 Å². The molecule has 0 saturated carbocycles. The minimum atomic E-state index is -0.339. The molecule has 0 radical (unpaired) electrons. The van der Waals surface area contributed by atoms with E-state index in [9.17, 15) is 18.8 Å². The topological polar surface area (TPSA) is 75.7 Å². The Kier molecular flexibility index (Phi) is 6.03. The van der Waals surface area contributed by atoms with Gasteiger partial charge in [0.05, 0.1) is 17.7 Å². The van der Waals surface area contributed by atoms with Crippen LogP contribution >= 0.6 is 0 Å². The number of amides is 3. The van der Waals surface area contributed by atoms with Crippen molar-refractivity contribution in [1.29, 1.82) is 0 Å². The summed E-state index contributed by atoms with van der Waals surface area (Å²) in [6, 6.07) is 10.8. The number of aryl methyl sites for hydroxylation is 1. The number of halogens is 1. The number of carbonyl (C=O) groups is 3. The van der Waals surface area contributed by atoms with Crippen molar-refractivity contribution in [3.8, 4) is 5.75 Å². The lowest BCUT2D eigenvalue weighted by atomic mass is 10.1. The molecule has 2 aromatic carbocycles. The van der Waals surface area contributed by atoms with Crippen LogP contribution in [0.1, 0.15) is 39.1 Å².